The highest BCUT2D eigenvalue weighted by atomic mass is 79.9. The highest BCUT2D eigenvalue weighted by Gasteiger charge is 2.11. The second kappa shape index (κ2) is 5.89. The van der Waals surface area contributed by atoms with Crippen molar-refractivity contribution in [1.29, 1.82) is 0 Å². The van der Waals surface area contributed by atoms with Gasteiger partial charge in [0.2, 0.25) is 0 Å². The maximum atomic E-state index is 10.0. The molecule has 0 aliphatic carbocycles. The number of aromatic hydroxyl groups is 1. The molecule has 0 aliphatic heterocycles. The number of hydrogen-bond acceptors (Lipinski definition) is 3. The van der Waals surface area contributed by atoms with E-state index < -0.39 is 6.10 Å². The van der Waals surface area contributed by atoms with Gasteiger partial charge in [0.15, 0.2) is 0 Å². The molecule has 0 amide bonds. The summed E-state index contributed by atoms with van der Waals surface area (Å²) in [6.07, 6.45) is -0.720. The molecule has 2 aromatic carbocycles. The number of phenolic OH excluding ortho intramolecular Hbond substituents is 1. The van der Waals surface area contributed by atoms with Crippen molar-refractivity contribution in [3.63, 3.8) is 0 Å². The van der Waals surface area contributed by atoms with E-state index in [-0.39, 0.29) is 12.4 Å². The minimum Gasteiger partial charge on any atom is -0.508 e. The molecule has 0 saturated carbocycles. The summed E-state index contributed by atoms with van der Waals surface area (Å²) >= 11 is 3.38. The zero-order chi connectivity index (χ0) is 13.0. The Morgan fingerprint density at radius 1 is 1.11 bits per heavy atom. The molecule has 2 aromatic rings. The van der Waals surface area contributed by atoms with Crippen LogP contribution < -0.4 is 4.74 Å². The van der Waals surface area contributed by atoms with Gasteiger partial charge in [-0.25, -0.2) is 0 Å². The summed E-state index contributed by atoms with van der Waals surface area (Å²) < 4.78 is 6.27. The largest absolute Gasteiger partial charge is 0.508 e. The van der Waals surface area contributed by atoms with E-state index in [4.69, 9.17) is 4.74 Å². The van der Waals surface area contributed by atoms with Gasteiger partial charge in [-0.2, -0.15) is 0 Å². The minimum absolute atomic E-state index is 0.131. The van der Waals surface area contributed by atoms with Crippen LogP contribution in [0.25, 0.3) is 0 Å². The van der Waals surface area contributed by atoms with Gasteiger partial charge in [0, 0.05) is 10.5 Å². The number of aliphatic hydroxyl groups is 1. The van der Waals surface area contributed by atoms with Gasteiger partial charge >= 0.3 is 0 Å². The topological polar surface area (TPSA) is 49.7 Å². The van der Waals surface area contributed by atoms with E-state index >= 15 is 0 Å². The van der Waals surface area contributed by atoms with Crippen molar-refractivity contribution < 1.29 is 14.9 Å². The summed E-state index contributed by atoms with van der Waals surface area (Å²) in [4.78, 5) is 0. The summed E-state index contributed by atoms with van der Waals surface area (Å²) in [6.45, 7) is 0.131. The molecule has 1 atom stereocenters. The molecule has 0 aliphatic rings. The fourth-order valence-electron chi connectivity index (χ4n) is 1.58. The molecule has 0 spiro atoms. The van der Waals surface area contributed by atoms with Gasteiger partial charge in [-0.15, -0.1) is 0 Å². The first-order valence-corrected chi connectivity index (χ1v) is 6.30. The van der Waals surface area contributed by atoms with Crippen molar-refractivity contribution >= 4 is 15.9 Å². The lowest BCUT2D eigenvalue weighted by atomic mass is 10.1. The van der Waals surface area contributed by atoms with Gasteiger partial charge < -0.3 is 14.9 Å². The predicted octanol–water partition coefficient (Wildman–Crippen LogP) is 3.27. The first-order chi connectivity index (χ1) is 8.66. The number of phenols is 1. The molecule has 2 N–H and O–H groups in total. The molecule has 2 rings (SSSR count). The molecule has 4 heteroatoms. The smallest absolute Gasteiger partial charge is 0.123 e. The van der Waals surface area contributed by atoms with E-state index in [0.29, 0.717) is 5.75 Å². The van der Waals surface area contributed by atoms with Crippen molar-refractivity contribution in [3.05, 3.63) is 58.6 Å². The van der Waals surface area contributed by atoms with Crippen LogP contribution in [0.1, 0.15) is 11.7 Å². The standard InChI is InChI=1S/C14H13BrO3/c15-13-7-2-1-6-12(13)14(17)9-18-11-5-3-4-10(16)8-11/h1-8,14,16-17H,9H2. The van der Waals surface area contributed by atoms with E-state index in [9.17, 15) is 10.2 Å². The van der Waals surface area contributed by atoms with Crippen LogP contribution in [0.15, 0.2) is 53.0 Å². The van der Waals surface area contributed by atoms with Crippen molar-refractivity contribution in [2.75, 3.05) is 6.61 Å². The van der Waals surface area contributed by atoms with Gasteiger partial charge in [-0.1, -0.05) is 40.2 Å². The van der Waals surface area contributed by atoms with Crippen LogP contribution in [-0.4, -0.2) is 16.8 Å². The van der Waals surface area contributed by atoms with Crippen molar-refractivity contribution in [1.82, 2.24) is 0 Å². The van der Waals surface area contributed by atoms with Gasteiger partial charge in [0.05, 0.1) is 0 Å². The number of aliphatic hydroxyl groups excluding tert-OH is 1. The quantitative estimate of drug-likeness (QED) is 0.911. The van der Waals surface area contributed by atoms with Gasteiger partial charge in [-0.3, -0.25) is 0 Å². The maximum absolute atomic E-state index is 10.0. The van der Waals surface area contributed by atoms with Crippen LogP contribution in [0.3, 0.4) is 0 Å². The first-order valence-electron chi connectivity index (χ1n) is 5.51. The van der Waals surface area contributed by atoms with Crippen LogP contribution in [-0.2, 0) is 0 Å². The zero-order valence-corrected chi connectivity index (χ0v) is 11.2. The molecule has 0 radical (unpaired) electrons. The van der Waals surface area contributed by atoms with E-state index in [1.807, 2.05) is 24.3 Å². The number of halogens is 1. The zero-order valence-electron chi connectivity index (χ0n) is 9.58. The lowest BCUT2D eigenvalue weighted by molar-refractivity contribution is 0.107. The van der Waals surface area contributed by atoms with E-state index in [0.717, 1.165) is 10.0 Å². The lowest BCUT2D eigenvalue weighted by Crippen LogP contribution is -2.10. The number of hydrogen-bond donors (Lipinski definition) is 2. The van der Waals surface area contributed by atoms with Crippen molar-refractivity contribution in [3.8, 4) is 11.5 Å². The number of benzene rings is 2. The Morgan fingerprint density at radius 3 is 2.61 bits per heavy atom. The van der Waals surface area contributed by atoms with Crippen LogP contribution in [0.5, 0.6) is 11.5 Å². The predicted molar refractivity (Wildman–Crippen MR) is 72.7 cm³/mol. The Bertz CT molecular complexity index is 528. The highest BCUT2D eigenvalue weighted by molar-refractivity contribution is 9.10. The molecule has 3 nitrogen and oxygen atoms in total. The van der Waals surface area contributed by atoms with E-state index in [1.54, 1.807) is 18.2 Å². The molecular formula is C14H13BrO3. The third kappa shape index (κ3) is 3.24. The van der Waals surface area contributed by atoms with Gasteiger partial charge in [0.25, 0.3) is 0 Å². The van der Waals surface area contributed by atoms with Gasteiger partial charge in [0.1, 0.15) is 24.2 Å². The summed E-state index contributed by atoms with van der Waals surface area (Å²) in [5.74, 6) is 0.670. The van der Waals surface area contributed by atoms with E-state index in [1.165, 1.54) is 6.07 Å². The molecule has 0 saturated heterocycles. The average Bonchev–Trinajstić information content (AvgIpc) is 2.37. The maximum Gasteiger partial charge on any atom is 0.123 e. The second-order valence-corrected chi connectivity index (χ2v) is 4.70. The Kier molecular flexibility index (Phi) is 4.23. The van der Waals surface area contributed by atoms with Crippen LogP contribution in [0.2, 0.25) is 0 Å². The Balaban J connectivity index is 2.00. The average molecular weight is 309 g/mol. The molecule has 0 bridgehead atoms. The number of rotatable bonds is 4. The summed E-state index contributed by atoms with van der Waals surface area (Å²) in [7, 11) is 0. The molecular weight excluding hydrogens is 296 g/mol. The molecule has 1 unspecified atom stereocenters. The molecule has 0 heterocycles. The highest BCUT2D eigenvalue weighted by Crippen LogP contribution is 2.24. The molecule has 18 heavy (non-hydrogen) atoms. The fraction of sp³-hybridized carbons (Fsp3) is 0.143. The van der Waals surface area contributed by atoms with Crippen LogP contribution >= 0.6 is 15.9 Å². The third-order valence-corrected chi connectivity index (χ3v) is 3.21. The lowest BCUT2D eigenvalue weighted by Gasteiger charge is -2.14. The molecule has 0 fully saturated rings. The Labute approximate surface area is 114 Å². The van der Waals surface area contributed by atoms with Crippen LogP contribution in [0, 0.1) is 0 Å². The monoisotopic (exact) mass is 308 g/mol. The third-order valence-electron chi connectivity index (χ3n) is 2.49. The normalized spacial score (nSPS) is 12.1. The van der Waals surface area contributed by atoms with Crippen LogP contribution in [0.4, 0.5) is 0 Å². The van der Waals surface area contributed by atoms with Gasteiger partial charge in [-0.05, 0) is 23.8 Å². The van der Waals surface area contributed by atoms with Crippen molar-refractivity contribution in [2.45, 2.75) is 6.10 Å². The molecule has 0 aromatic heterocycles. The summed E-state index contributed by atoms with van der Waals surface area (Å²) in [5, 5.41) is 19.3. The summed E-state index contributed by atoms with van der Waals surface area (Å²) in [5.41, 5.74) is 0.776. The first kappa shape index (κ1) is 12.9. The Morgan fingerprint density at radius 2 is 1.89 bits per heavy atom. The summed E-state index contributed by atoms with van der Waals surface area (Å²) in [6, 6.07) is 13.9. The fourth-order valence-corrected chi connectivity index (χ4v) is 2.13. The van der Waals surface area contributed by atoms with Crippen molar-refractivity contribution in [2.24, 2.45) is 0 Å². The number of ether oxygens (including phenoxy) is 1. The van der Waals surface area contributed by atoms with E-state index in [2.05, 4.69) is 15.9 Å². The molecule has 94 valence electrons. The SMILES string of the molecule is Oc1cccc(OCC(O)c2ccccc2Br)c1. The Hall–Kier alpha value is -1.52. The minimum atomic E-state index is -0.720. The second-order valence-electron chi connectivity index (χ2n) is 3.85.